The molecule has 0 amide bonds. The van der Waals surface area contributed by atoms with Gasteiger partial charge < -0.3 is 4.90 Å². The van der Waals surface area contributed by atoms with E-state index < -0.39 is 0 Å². The van der Waals surface area contributed by atoms with Gasteiger partial charge in [-0.3, -0.25) is 12.6 Å². The zero-order valence-electron chi connectivity index (χ0n) is 14.7. The van der Waals surface area contributed by atoms with E-state index in [9.17, 15) is 0 Å². The third-order valence-electron chi connectivity index (χ3n) is 3.53. The molecule has 0 spiro atoms. The smallest absolute Gasteiger partial charge is 0.462 e. The van der Waals surface area contributed by atoms with E-state index in [-0.39, 0.29) is 46.5 Å². The molecule has 1 unspecified atom stereocenters. The van der Waals surface area contributed by atoms with Gasteiger partial charge in [0.25, 0.3) is 0 Å². The Labute approximate surface area is 160 Å². The summed E-state index contributed by atoms with van der Waals surface area (Å²) in [5.74, 6) is 0.634. The van der Waals surface area contributed by atoms with Crippen LogP contribution in [-0.2, 0) is 21.7 Å². The van der Waals surface area contributed by atoms with Gasteiger partial charge in [-0.15, -0.1) is 24.8 Å². The summed E-state index contributed by atoms with van der Waals surface area (Å²) in [6, 6.07) is 0. The topological polar surface area (TPSA) is 3.24 Å². The van der Waals surface area contributed by atoms with Crippen LogP contribution in [0.4, 0.5) is 0 Å². The first-order valence-corrected chi connectivity index (χ1v) is 7.35. The Morgan fingerprint density at radius 1 is 1.00 bits per heavy atom. The van der Waals surface area contributed by atoms with Crippen molar-refractivity contribution in [2.75, 3.05) is 14.1 Å². The van der Waals surface area contributed by atoms with Crippen LogP contribution in [0, 0.1) is 18.5 Å². The Morgan fingerprint density at radius 2 is 1.48 bits per heavy atom. The number of nitrogens with zero attached hydrogens (tertiary/aromatic N) is 1. The molecule has 0 aromatic rings. The molecule has 0 aromatic carbocycles. The molecule has 0 fully saturated rings. The molecular weight excluding hydrogens is 337 g/mol. The Balaban J connectivity index is -0.000000159. The van der Waals surface area contributed by atoms with Crippen LogP contribution in [0.25, 0.3) is 0 Å². The summed E-state index contributed by atoms with van der Waals surface area (Å²) < 4.78 is 0. The third-order valence-corrected chi connectivity index (χ3v) is 3.53. The fraction of sp³-hybridized carbons (Fsp3) is 0.706. The fourth-order valence-corrected chi connectivity index (χ4v) is 2.35. The van der Waals surface area contributed by atoms with E-state index in [2.05, 4.69) is 33.8 Å². The summed E-state index contributed by atoms with van der Waals surface area (Å²) >= 11 is 0. The Bertz CT molecular complexity index is 299. The molecule has 1 aliphatic rings. The monoisotopic (exact) mass is 369 g/mol. The SMILES string of the molecule is CCC1=[C-]C(CC)C(CC)=C1CC.C[CH-]N(C)C.Cl.Cl.[Ti+2]. The van der Waals surface area contributed by atoms with Crippen molar-refractivity contribution in [3.63, 3.8) is 0 Å². The van der Waals surface area contributed by atoms with Crippen LogP contribution in [-0.4, -0.2) is 19.0 Å². The molecule has 1 atom stereocenters. The molecule has 21 heavy (non-hydrogen) atoms. The molecule has 1 aliphatic carbocycles. The number of rotatable bonds is 5. The van der Waals surface area contributed by atoms with Gasteiger partial charge >= 0.3 is 21.7 Å². The van der Waals surface area contributed by atoms with Gasteiger partial charge in [0.05, 0.1) is 0 Å². The Morgan fingerprint density at radius 3 is 1.71 bits per heavy atom. The summed E-state index contributed by atoms with van der Waals surface area (Å²) in [6.07, 6.45) is 8.41. The molecule has 0 saturated heterocycles. The van der Waals surface area contributed by atoms with Gasteiger partial charge in [0.1, 0.15) is 0 Å². The molecule has 0 saturated carbocycles. The predicted molar refractivity (Wildman–Crippen MR) is 96.6 cm³/mol. The van der Waals surface area contributed by atoms with E-state index in [0.717, 1.165) is 6.42 Å². The Hall–Kier alpha value is 0.734. The number of hydrogen-bond acceptors (Lipinski definition) is 1. The summed E-state index contributed by atoms with van der Waals surface area (Å²) in [6.45, 7) is 13.0. The summed E-state index contributed by atoms with van der Waals surface area (Å²) in [4.78, 5) is 2.00. The van der Waals surface area contributed by atoms with Crippen LogP contribution >= 0.6 is 24.8 Å². The second-order valence-electron chi connectivity index (χ2n) is 4.87. The van der Waals surface area contributed by atoms with Gasteiger partial charge in [-0.25, -0.2) is 5.57 Å². The second kappa shape index (κ2) is 17.1. The quantitative estimate of drug-likeness (QED) is 0.433. The van der Waals surface area contributed by atoms with Crippen molar-refractivity contribution < 1.29 is 21.7 Å². The summed E-state index contributed by atoms with van der Waals surface area (Å²) in [7, 11) is 4.00. The van der Waals surface area contributed by atoms with Crippen molar-refractivity contribution in [1.29, 1.82) is 0 Å². The van der Waals surface area contributed by atoms with Gasteiger partial charge in [0.15, 0.2) is 0 Å². The van der Waals surface area contributed by atoms with Crippen molar-refractivity contribution in [3.05, 3.63) is 29.3 Å². The van der Waals surface area contributed by atoms with Crippen LogP contribution in [0.1, 0.15) is 60.3 Å². The van der Waals surface area contributed by atoms with Crippen LogP contribution in [0.5, 0.6) is 0 Å². The van der Waals surface area contributed by atoms with Crippen molar-refractivity contribution in [1.82, 2.24) is 4.90 Å². The maximum Gasteiger partial charge on any atom is 2.00 e. The zero-order chi connectivity index (χ0) is 14.1. The van der Waals surface area contributed by atoms with Crippen LogP contribution < -0.4 is 0 Å². The number of hydrogen-bond donors (Lipinski definition) is 0. The predicted octanol–water partition coefficient (Wildman–Crippen LogP) is 5.85. The number of allylic oxidation sites excluding steroid dienone is 4. The van der Waals surface area contributed by atoms with Gasteiger partial charge in [-0.05, 0) is 14.1 Å². The van der Waals surface area contributed by atoms with Crippen LogP contribution in [0.3, 0.4) is 0 Å². The molecule has 0 aliphatic heterocycles. The van der Waals surface area contributed by atoms with Crippen molar-refractivity contribution in [3.8, 4) is 0 Å². The fourth-order valence-electron chi connectivity index (χ4n) is 2.35. The molecule has 0 N–H and O–H groups in total. The minimum absolute atomic E-state index is 0. The normalized spacial score (nSPS) is 16.2. The van der Waals surface area contributed by atoms with Crippen LogP contribution in [0.2, 0.25) is 0 Å². The maximum absolute atomic E-state index is 3.63. The first kappa shape index (κ1) is 29.7. The van der Waals surface area contributed by atoms with Crippen molar-refractivity contribution in [2.45, 2.75) is 60.3 Å². The van der Waals surface area contributed by atoms with Crippen LogP contribution in [0.15, 0.2) is 16.7 Å². The van der Waals surface area contributed by atoms with Gasteiger partial charge in [0, 0.05) is 0 Å². The minimum Gasteiger partial charge on any atom is -0.462 e. The van der Waals surface area contributed by atoms with Gasteiger partial charge in [-0.2, -0.15) is 18.1 Å². The first-order valence-electron chi connectivity index (χ1n) is 7.35. The minimum atomic E-state index is 0. The van der Waals surface area contributed by atoms with Crippen molar-refractivity contribution >= 4 is 24.8 Å². The van der Waals surface area contributed by atoms with Crippen molar-refractivity contribution in [2.24, 2.45) is 5.92 Å². The summed E-state index contributed by atoms with van der Waals surface area (Å²) in [5.41, 5.74) is 4.75. The average molecular weight is 370 g/mol. The second-order valence-corrected chi connectivity index (χ2v) is 4.87. The molecule has 0 radical (unpaired) electrons. The zero-order valence-corrected chi connectivity index (χ0v) is 17.9. The molecule has 0 aromatic heterocycles. The first-order chi connectivity index (χ1) is 8.55. The van der Waals surface area contributed by atoms with E-state index in [1.165, 1.54) is 24.8 Å². The molecule has 4 heteroatoms. The molecule has 124 valence electrons. The molecule has 1 rings (SSSR count). The van der Waals surface area contributed by atoms with E-state index >= 15 is 0 Å². The van der Waals surface area contributed by atoms with Gasteiger partial charge in [0.2, 0.25) is 0 Å². The van der Waals surface area contributed by atoms with Gasteiger partial charge in [-0.1, -0.05) is 59.3 Å². The largest absolute Gasteiger partial charge is 2.00 e. The summed E-state index contributed by atoms with van der Waals surface area (Å²) in [5, 5.41) is 0. The van der Waals surface area contributed by atoms with E-state index in [4.69, 9.17) is 0 Å². The van der Waals surface area contributed by atoms with E-state index in [0.29, 0.717) is 5.92 Å². The maximum atomic E-state index is 3.63. The standard InChI is InChI=1S/C13H21.C4H10N.2ClH.Ti/c1-5-10-9-11(6-2)13(8-4)12(10)7-3;1-4-5(2)3;;;/h10H,5-8H2,1-4H3;4H,1-3H3;2*1H;/q2*-1;;;+2. The average Bonchev–Trinajstić information content (AvgIpc) is 2.75. The molecule has 0 bridgehead atoms. The third kappa shape index (κ3) is 10.2. The van der Waals surface area contributed by atoms with E-state index in [1.807, 2.05) is 32.5 Å². The molecule has 1 nitrogen and oxygen atoms in total. The van der Waals surface area contributed by atoms with E-state index in [1.54, 1.807) is 11.1 Å². The molecule has 0 heterocycles. The Kier molecular flexibility index (Phi) is 24.2. The molecular formula is C17H33Cl2NTi. The number of halogens is 2.